The number of piperazine rings is 1. The van der Waals surface area contributed by atoms with E-state index in [-0.39, 0.29) is 18.0 Å². The van der Waals surface area contributed by atoms with E-state index in [1.165, 1.54) is 18.2 Å². The molecule has 40 heavy (non-hydrogen) atoms. The van der Waals surface area contributed by atoms with Crippen LogP contribution >= 0.6 is 11.6 Å². The van der Waals surface area contributed by atoms with Crippen LogP contribution in [-0.2, 0) is 6.18 Å². The summed E-state index contributed by atoms with van der Waals surface area (Å²) < 4.78 is 53.7. The van der Waals surface area contributed by atoms with Gasteiger partial charge in [0.15, 0.2) is 5.82 Å². The third-order valence-electron chi connectivity index (χ3n) is 7.16. The molecule has 1 unspecified atom stereocenters. The van der Waals surface area contributed by atoms with Crippen LogP contribution in [0.1, 0.15) is 43.1 Å². The molecule has 0 amide bonds. The lowest BCUT2D eigenvalue weighted by atomic mass is 9.95. The molecule has 1 saturated heterocycles. The maximum absolute atomic E-state index is 13.8. The second-order valence-electron chi connectivity index (χ2n) is 9.70. The number of halogens is 5. The Hall–Kier alpha value is -3.61. The van der Waals surface area contributed by atoms with Crippen LogP contribution in [0.5, 0.6) is 0 Å². The highest BCUT2D eigenvalue weighted by molar-refractivity contribution is 6.29. The minimum atomic E-state index is -4.50. The lowest BCUT2D eigenvalue weighted by Crippen LogP contribution is -2.58. The van der Waals surface area contributed by atoms with Gasteiger partial charge in [-0.15, -0.1) is 0 Å². The highest BCUT2D eigenvalue weighted by Crippen LogP contribution is 2.37. The molecule has 0 aliphatic carbocycles. The number of nitrogens with zero attached hydrogens (tertiary/aromatic N) is 6. The summed E-state index contributed by atoms with van der Waals surface area (Å²) in [5, 5.41) is 0.300. The molecule has 3 atom stereocenters. The van der Waals surface area contributed by atoms with Crippen molar-refractivity contribution in [1.29, 1.82) is 0 Å². The Morgan fingerprint density at radius 1 is 1.05 bits per heavy atom. The molecule has 0 spiro atoms. The number of aromatic nitrogens is 4. The monoisotopic (exact) mass is 574 g/mol. The van der Waals surface area contributed by atoms with Gasteiger partial charge in [0.1, 0.15) is 16.5 Å². The van der Waals surface area contributed by atoms with Crippen molar-refractivity contribution in [3.05, 3.63) is 82.5 Å². The topological polar surface area (TPSA) is 96.1 Å². The number of pyridine rings is 2. The molecule has 8 nitrogen and oxygen atoms in total. The predicted molar refractivity (Wildman–Crippen MR) is 145 cm³/mol. The zero-order valence-corrected chi connectivity index (χ0v) is 22.5. The average molecular weight is 575 g/mol. The van der Waals surface area contributed by atoms with Gasteiger partial charge in [-0.3, -0.25) is 15.3 Å². The van der Waals surface area contributed by atoms with E-state index >= 15 is 0 Å². The number of anilines is 2. The summed E-state index contributed by atoms with van der Waals surface area (Å²) in [6.45, 7) is 5.07. The molecule has 0 saturated carbocycles. The largest absolute Gasteiger partial charge is 0.417 e. The molecule has 1 fully saturated rings. The second kappa shape index (κ2) is 11.1. The molecule has 1 aliphatic heterocycles. The van der Waals surface area contributed by atoms with Crippen LogP contribution < -0.4 is 16.2 Å². The van der Waals surface area contributed by atoms with Gasteiger partial charge in [0.2, 0.25) is 5.95 Å². The Bertz CT molecular complexity index is 1480. The Labute approximate surface area is 233 Å². The first-order valence-corrected chi connectivity index (χ1v) is 13.1. The minimum Gasteiger partial charge on any atom is -0.349 e. The van der Waals surface area contributed by atoms with Crippen molar-refractivity contribution < 1.29 is 17.6 Å². The van der Waals surface area contributed by atoms with Gasteiger partial charge in [0, 0.05) is 31.4 Å². The molecule has 4 aromatic rings. The molecule has 210 valence electrons. The number of alkyl halides is 3. The van der Waals surface area contributed by atoms with Crippen molar-refractivity contribution in [2.24, 2.45) is 5.84 Å². The molecule has 5 rings (SSSR count). The quantitative estimate of drug-likeness (QED) is 0.133. The maximum Gasteiger partial charge on any atom is 0.417 e. The second-order valence-corrected chi connectivity index (χ2v) is 10.1. The first kappa shape index (κ1) is 27.9. The van der Waals surface area contributed by atoms with Crippen LogP contribution in [0, 0.1) is 5.82 Å². The number of benzene rings is 1. The molecule has 3 aromatic heterocycles. The summed E-state index contributed by atoms with van der Waals surface area (Å²) in [5.41, 5.74) is 3.94. The van der Waals surface area contributed by atoms with Crippen molar-refractivity contribution in [3.8, 4) is 0 Å². The van der Waals surface area contributed by atoms with E-state index in [9.17, 15) is 17.6 Å². The van der Waals surface area contributed by atoms with Gasteiger partial charge in [-0.05, 0) is 55.3 Å². The number of hydrazine groups is 1. The van der Waals surface area contributed by atoms with E-state index in [0.717, 1.165) is 17.8 Å². The average Bonchev–Trinajstić information content (AvgIpc) is 2.94. The summed E-state index contributed by atoms with van der Waals surface area (Å²) in [4.78, 5) is 22.0. The SMILES string of the molecule is CC[C@@H]1CN(c2nc(NN)nc3ccc(Cl)nc23)[C@@H](C)CN1C(c1ccc(F)cc1)c1ccc(C(F)(F)F)cn1. The standard InChI is InChI=1S/C27H27ClF4N8/c1-3-19-14-39(25-23-20(10-11-22(28)36-23)35-26(37-25)38-33)15(2)13-40(19)24(16-4-7-18(29)8-5-16)21-9-6-17(12-34-21)27(30,31)32/h4-12,15,19,24H,3,13-14,33H2,1-2H3,(H,35,37,38)/t15-,19+,24?/m0/s1. The molecule has 4 heterocycles. The highest BCUT2D eigenvalue weighted by Gasteiger charge is 2.39. The summed E-state index contributed by atoms with van der Waals surface area (Å²) in [6, 6.07) is 11.1. The third kappa shape index (κ3) is 5.51. The van der Waals surface area contributed by atoms with Crippen molar-refractivity contribution in [2.45, 2.75) is 44.6 Å². The number of nitrogen functional groups attached to an aromatic ring is 1. The van der Waals surface area contributed by atoms with Crippen molar-refractivity contribution in [3.63, 3.8) is 0 Å². The number of nitrogens with one attached hydrogen (secondary N) is 1. The Morgan fingerprint density at radius 2 is 1.80 bits per heavy atom. The van der Waals surface area contributed by atoms with E-state index < -0.39 is 23.6 Å². The van der Waals surface area contributed by atoms with Crippen molar-refractivity contribution in [1.82, 2.24) is 24.8 Å². The first-order chi connectivity index (χ1) is 19.1. The molecule has 0 radical (unpaired) electrons. The van der Waals surface area contributed by atoms with Crippen LogP contribution in [0.4, 0.5) is 29.3 Å². The summed E-state index contributed by atoms with van der Waals surface area (Å²) in [7, 11) is 0. The van der Waals surface area contributed by atoms with E-state index in [1.54, 1.807) is 24.3 Å². The Morgan fingerprint density at radius 3 is 2.42 bits per heavy atom. The fraction of sp³-hybridized carbons (Fsp3) is 0.333. The van der Waals surface area contributed by atoms with Gasteiger partial charge in [-0.25, -0.2) is 20.2 Å². The smallest absolute Gasteiger partial charge is 0.349 e. The Kier molecular flexibility index (Phi) is 7.76. The lowest BCUT2D eigenvalue weighted by molar-refractivity contribution is -0.137. The number of hydrogen-bond acceptors (Lipinski definition) is 8. The van der Waals surface area contributed by atoms with E-state index in [4.69, 9.17) is 17.4 Å². The molecule has 13 heteroatoms. The number of rotatable bonds is 6. The fourth-order valence-corrected chi connectivity index (χ4v) is 5.34. The van der Waals surface area contributed by atoms with Crippen LogP contribution in [0.25, 0.3) is 11.0 Å². The van der Waals surface area contributed by atoms with Gasteiger partial charge in [0.05, 0.1) is 22.8 Å². The molecular formula is C27H27ClF4N8. The third-order valence-corrected chi connectivity index (χ3v) is 7.37. The summed E-state index contributed by atoms with van der Waals surface area (Å²) >= 11 is 6.21. The van der Waals surface area contributed by atoms with Gasteiger partial charge < -0.3 is 4.90 Å². The van der Waals surface area contributed by atoms with Crippen LogP contribution in [0.2, 0.25) is 5.15 Å². The summed E-state index contributed by atoms with van der Waals surface area (Å²) in [5.74, 6) is 6.04. The van der Waals surface area contributed by atoms with Crippen molar-refractivity contribution in [2.75, 3.05) is 23.4 Å². The minimum absolute atomic E-state index is 0.0752. The predicted octanol–water partition coefficient (Wildman–Crippen LogP) is 5.60. The lowest BCUT2D eigenvalue weighted by Gasteiger charge is -2.48. The maximum atomic E-state index is 13.8. The first-order valence-electron chi connectivity index (χ1n) is 12.7. The summed E-state index contributed by atoms with van der Waals surface area (Å²) in [6.07, 6.45) is -2.95. The molecule has 1 aliphatic rings. The molecule has 3 N–H and O–H groups in total. The van der Waals surface area contributed by atoms with Crippen LogP contribution in [0.15, 0.2) is 54.7 Å². The number of fused-ring (bicyclic) bond motifs is 1. The van der Waals surface area contributed by atoms with E-state index in [0.29, 0.717) is 47.2 Å². The van der Waals surface area contributed by atoms with E-state index in [1.807, 2.05) is 13.8 Å². The zero-order chi connectivity index (χ0) is 28.6. The van der Waals surface area contributed by atoms with Crippen LogP contribution in [-0.4, -0.2) is 50.0 Å². The number of nitrogens with two attached hydrogens (primary N) is 1. The zero-order valence-electron chi connectivity index (χ0n) is 21.7. The fourth-order valence-electron chi connectivity index (χ4n) is 5.19. The van der Waals surface area contributed by atoms with Gasteiger partial charge in [-0.2, -0.15) is 18.2 Å². The number of hydrogen-bond donors (Lipinski definition) is 2. The van der Waals surface area contributed by atoms with Crippen molar-refractivity contribution >= 4 is 34.4 Å². The van der Waals surface area contributed by atoms with Gasteiger partial charge >= 0.3 is 6.18 Å². The highest BCUT2D eigenvalue weighted by atomic mass is 35.5. The normalized spacial score (nSPS) is 19.1. The molecule has 0 bridgehead atoms. The molecular weight excluding hydrogens is 548 g/mol. The van der Waals surface area contributed by atoms with E-state index in [2.05, 4.69) is 35.2 Å². The van der Waals surface area contributed by atoms with Crippen LogP contribution in [0.3, 0.4) is 0 Å². The Balaban J connectivity index is 1.55. The van der Waals surface area contributed by atoms with Gasteiger partial charge in [0.25, 0.3) is 0 Å². The van der Waals surface area contributed by atoms with Gasteiger partial charge in [-0.1, -0.05) is 30.7 Å². The molecule has 1 aromatic carbocycles.